The number of carbonyl (C=O) groups is 2. The van der Waals surface area contributed by atoms with E-state index in [1.807, 2.05) is 0 Å². The minimum Gasteiger partial charge on any atom is -0.351 e. The number of sulfone groups is 1. The fourth-order valence-corrected chi connectivity index (χ4v) is 2.66. The molecule has 2 N–H and O–H groups in total. The summed E-state index contributed by atoms with van der Waals surface area (Å²) in [7, 11) is -3.26. The standard InChI is InChI=1S/C15H19ClN2O4S/c1-3-9-17-15(20)13(8-10-23(2,21)22)18-14(19)11-6-4-5-7-12(11)16/h3-7,13H,1,8-10H2,2H3,(H,17,20)(H,18,19)/t13-/m1/s1. The zero-order valence-corrected chi connectivity index (χ0v) is 14.3. The molecule has 1 rings (SSSR count). The molecular weight excluding hydrogens is 340 g/mol. The van der Waals surface area contributed by atoms with E-state index >= 15 is 0 Å². The lowest BCUT2D eigenvalue weighted by molar-refractivity contribution is -0.122. The average molecular weight is 359 g/mol. The van der Waals surface area contributed by atoms with Crippen molar-refractivity contribution in [3.05, 3.63) is 47.5 Å². The number of rotatable bonds is 8. The van der Waals surface area contributed by atoms with Crippen LogP contribution in [-0.2, 0) is 14.6 Å². The summed E-state index contributed by atoms with van der Waals surface area (Å²) in [6.45, 7) is 3.70. The summed E-state index contributed by atoms with van der Waals surface area (Å²) >= 11 is 5.94. The van der Waals surface area contributed by atoms with Gasteiger partial charge in [0.25, 0.3) is 5.91 Å². The predicted molar refractivity (Wildman–Crippen MR) is 90.2 cm³/mol. The molecule has 8 heteroatoms. The van der Waals surface area contributed by atoms with E-state index in [4.69, 9.17) is 11.6 Å². The number of hydrogen-bond donors (Lipinski definition) is 2. The van der Waals surface area contributed by atoms with Crippen LogP contribution in [0.5, 0.6) is 0 Å². The summed E-state index contributed by atoms with van der Waals surface area (Å²) in [6, 6.07) is 5.42. The molecule has 126 valence electrons. The Labute approximate surface area is 140 Å². The number of hydrogen-bond acceptors (Lipinski definition) is 4. The van der Waals surface area contributed by atoms with E-state index in [9.17, 15) is 18.0 Å². The first-order valence-electron chi connectivity index (χ1n) is 6.86. The van der Waals surface area contributed by atoms with Crippen LogP contribution >= 0.6 is 11.6 Å². The van der Waals surface area contributed by atoms with Crippen molar-refractivity contribution in [3.8, 4) is 0 Å². The minimum absolute atomic E-state index is 0.0298. The molecular formula is C15H19ClN2O4S. The first-order chi connectivity index (χ1) is 10.7. The molecule has 0 unspecified atom stereocenters. The maximum Gasteiger partial charge on any atom is 0.253 e. The third-order valence-corrected chi connectivity index (χ3v) is 4.25. The van der Waals surface area contributed by atoms with Gasteiger partial charge in [-0.3, -0.25) is 9.59 Å². The van der Waals surface area contributed by atoms with Crippen LogP contribution in [0.4, 0.5) is 0 Å². The highest BCUT2D eigenvalue weighted by atomic mass is 35.5. The van der Waals surface area contributed by atoms with Gasteiger partial charge in [0.2, 0.25) is 5.91 Å². The second-order valence-electron chi connectivity index (χ2n) is 4.96. The molecule has 0 saturated heterocycles. The Kier molecular flexibility index (Phi) is 7.25. The first kappa shape index (κ1) is 19.2. The Hall–Kier alpha value is -1.86. The molecule has 1 aromatic rings. The van der Waals surface area contributed by atoms with Gasteiger partial charge in [-0.2, -0.15) is 0 Å². The maximum absolute atomic E-state index is 12.2. The van der Waals surface area contributed by atoms with Gasteiger partial charge in [-0.15, -0.1) is 6.58 Å². The van der Waals surface area contributed by atoms with Crippen molar-refractivity contribution in [1.82, 2.24) is 10.6 Å². The highest BCUT2D eigenvalue weighted by Gasteiger charge is 2.23. The smallest absolute Gasteiger partial charge is 0.253 e. The number of amides is 2. The zero-order chi connectivity index (χ0) is 17.5. The Morgan fingerprint density at radius 1 is 1.35 bits per heavy atom. The molecule has 2 amide bonds. The first-order valence-corrected chi connectivity index (χ1v) is 9.30. The average Bonchev–Trinajstić information content (AvgIpc) is 2.48. The van der Waals surface area contributed by atoms with Gasteiger partial charge in [0.05, 0.1) is 16.3 Å². The van der Waals surface area contributed by atoms with Crippen molar-refractivity contribution in [2.24, 2.45) is 0 Å². The van der Waals surface area contributed by atoms with Crippen LogP contribution in [0.2, 0.25) is 5.02 Å². The lowest BCUT2D eigenvalue weighted by Gasteiger charge is -2.18. The van der Waals surface area contributed by atoms with Gasteiger partial charge in [0.15, 0.2) is 0 Å². The number of benzene rings is 1. The van der Waals surface area contributed by atoms with Crippen LogP contribution in [0, 0.1) is 0 Å². The Morgan fingerprint density at radius 3 is 2.57 bits per heavy atom. The summed E-state index contributed by atoms with van der Waals surface area (Å²) in [5, 5.41) is 5.31. The summed E-state index contributed by atoms with van der Waals surface area (Å²) in [4.78, 5) is 24.3. The molecule has 0 aromatic heterocycles. The van der Waals surface area contributed by atoms with E-state index < -0.39 is 27.7 Å². The number of carbonyl (C=O) groups excluding carboxylic acids is 2. The van der Waals surface area contributed by atoms with E-state index in [1.54, 1.807) is 18.2 Å². The second kappa shape index (κ2) is 8.69. The van der Waals surface area contributed by atoms with Crippen LogP contribution in [-0.4, -0.2) is 44.8 Å². The van der Waals surface area contributed by atoms with Crippen molar-refractivity contribution in [2.75, 3.05) is 18.6 Å². The Balaban J connectivity index is 2.86. The zero-order valence-electron chi connectivity index (χ0n) is 12.7. The van der Waals surface area contributed by atoms with E-state index in [1.165, 1.54) is 12.1 Å². The summed E-state index contributed by atoms with van der Waals surface area (Å²) in [6.07, 6.45) is 2.53. The topological polar surface area (TPSA) is 92.3 Å². The largest absolute Gasteiger partial charge is 0.351 e. The lowest BCUT2D eigenvalue weighted by atomic mass is 10.1. The molecule has 0 aliphatic carbocycles. The number of halogens is 1. The minimum atomic E-state index is -3.26. The molecule has 0 heterocycles. The quantitative estimate of drug-likeness (QED) is 0.682. The molecule has 1 atom stereocenters. The number of nitrogens with one attached hydrogen (secondary N) is 2. The van der Waals surface area contributed by atoms with Crippen molar-refractivity contribution in [1.29, 1.82) is 0 Å². The molecule has 0 aliphatic rings. The van der Waals surface area contributed by atoms with E-state index in [-0.39, 0.29) is 29.3 Å². The SMILES string of the molecule is C=CCNC(=O)[C@@H](CCS(C)(=O)=O)NC(=O)c1ccccc1Cl. The maximum atomic E-state index is 12.2. The Bertz CT molecular complexity index is 688. The molecule has 0 saturated carbocycles. The molecule has 0 bridgehead atoms. The predicted octanol–water partition coefficient (Wildman–Crippen LogP) is 1.18. The van der Waals surface area contributed by atoms with Crippen LogP contribution in [0.1, 0.15) is 16.8 Å². The molecule has 1 aromatic carbocycles. The molecule has 0 aliphatic heterocycles. The summed E-state index contributed by atoms with van der Waals surface area (Å²) in [5.41, 5.74) is 0.218. The van der Waals surface area contributed by atoms with Gasteiger partial charge >= 0.3 is 0 Å². The van der Waals surface area contributed by atoms with Crippen molar-refractivity contribution >= 4 is 33.3 Å². The summed E-state index contributed by atoms with van der Waals surface area (Å²) < 4.78 is 22.6. The fraction of sp³-hybridized carbons (Fsp3) is 0.333. The molecule has 0 fully saturated rings. The van der Waals surface area contributed by atoms with Gasteiger partial charge in [0, 0.05) is 12.8 Å². The third-order valence-electron chi connectivity index (χ3n) is 2.94. The van der Waals surface area contributed by atoms with Crippen molar-refractivity contribution < 1.29 is 18.0 Å². The third kappa shape index (κ3) is 6.83. The normalized spacial score (nSPS) is 12.3. The van der Waals surface area contributed by atoms with Gasteiger partial charge < -0.3 is 10.6 Å². The fourth-order valence-electron chi connectivity index (χ4n) is 1.78. The lowest BCUT2D eigenvalue weighted by Crippen LogP contribution is -2.47. The van der Waals surface area contributed by atoms with E-state index in [0.717, 1.165) is 6.26 Å². The van der Waals surface area contributed by atoms with Crippen LogP contribution in [0.25, 0.3) is 0 Å². The molecule has 23 heavy (non-hydrogen) atoms. The van der Waals surface area contributed by atoms with Crippen molar-refractivity contribution in [3.63, 3.8) is 0 Å². The monoisotopic (exact) mass is 358 g/mol. The van der Waals surface area contributed by atoms with E-state index in [0.29, 0.717) is 0 Å². The molecule has 0 spiro atoms. The van der Waals surface area contributed by atoms with Crippen molar-refractivity contribution in [2.45, 2.75) is 12.5 Å². The van der Waals surface area contributed by atoms with Gasteiger partial charge in [-0.05, 0) is 18.6 Å². The summed E-state index contributed by atoms with van der Waals surface area (Å²) in [5.74, 6) is -1.24. The molecule has 0 radical (unpaired) electrons. The Morgan fingerprint density at radius 2 is 2.00 bits per heavy atom. The van der Waals surface area contributed by atoms with Crippen LogP contribution in [0.3, 0.4) is 0 Å². The van der Waals surface area contributed by atoms with Crippen LogP contribution < -0.4 is 10.6 Å². The second-order valence-corrected chi connectivity index (χ2v) is 7.63. The highest BCUT2D eigenvalue weighted by Crippen LogP contribution is 2.15. The van der Waals surface area contributed by atoms with Crippen LogP contribution in [0.15, 0.2) is 36.9 Å². The molecule has 6 nitrogen and oxygen atoms in total. The highest BCUT2D eigenvalue weighted by molar-refractivity contribution is 7.90. The van der Waals surface area contributed by atoms with E-state index in [2.05, 4.69) is 17.2 Å². The van der Waals surface area contributed by atoms with Gasteiger partial charge in [-0.25, -0.2) is 8.42 Å². The van der Waals surface area contributed by atoms with Gasteiger partial charge in [0.1, 0.15) is 15.9 Å². The van der Waals surface area contributed by atoms with Gasteiger partial charge in [-0.1, -0.05) is 29.8 Å².